The van der Waals surface area contributed by atoms with E-state index in [1.165, 1.54) is 10.9 Å². The second-order valence-electron chi connectivity index (χ2n) is 4.12. The van der Waals surface area contributed by atoms with Crippen molar-refractivity contribution < 1.29 is 14.7 Å². The molecule has 0 aromatic carbocycles. The number of aromatic amines is 1. The molecule has 106 valence electrons. The van der Waals surface area contributed by atoms with Gasteiger partial charge in [-0.2, -0.15) is 5.10 Å². The molecule has 0 aliphatic heterocycles. The van der Waals surface area contributed by atoms with E-state index in [1.807, 2.05) is 6.92 Å². The van der Waals surface area contributed by atoms with Gasteiger partial charge in [-0.15, -0.1) is 5.10 Å². The fraction of sp³-hybridized carbons (Fsp3) is 0.364. The van der Waals surface area contributed by atoms with Crippen molar-refractivity contribution in [1.82, 2.24) is 30.5 Å². The first-order valence-electron chi connectivity index (χ1n) is 6.01. The number of nitrogens with zero attached hydrogens (tertiary/aromatic N) is 4. The topological polar surface area (TPSA) is 126 Å². The van der Waals surface area contributed by atoms with Crippen LogP contribution in [0.2, 0.25) is 0 Å². The van der Waals surface area contributed by atoms with Crippen LogP contribution < -0.4 is 5.32 Å². The molecule has 3 N–H and O–H groups in total. The van der Waals surface area contributed by atoms with Gasteiger partial charge in [-0.3, -0.25) is 14.7 Å². The summed E-state index contributed by atoms with van der Waals surface area (Å²) in [4.78, 5) is 22.3. The quantitative estimate of drug-likeness (QED) is 0.658. The summed E-state index contributed by atoms with van der Waals surface area (Å²) >= 11 is 0. The number of carbonyl (C=O) groups is 2. The number of carbonyl (C=O) groups excluding carboxylic acids is 1. The molecule has 0 aliphatic carbocycles. The molecule has 0 radical (unpaired) electrons. The summed E-state index contributed by atoms with van der Waals surface area (Å²) < 4.78 is 1.19. The van der Waals surface area contributed by atoms with Gasteiger partial charge in [-0.05, 0) is 12.5 Å². The Morgan fingerprint density at radius 1 is 1.50 bits per heavy atom. The van der Waals surface area contributed by atoms with Gasteiger partial charge in [-0.1, -0.05) is 12.1 Å². The van der Waals surface area contributed by atoms with Crippen LogP contribution in [0.5, 0.6) is 0 Å². The van der Waals surface area contributed by atoms with Crippen molar-refractivity contribution in [3.05, 3.63) is 29.3 Å². The average Bonchev–Trinajstić information content (AvgIpc) is 3.04. The lowest BCUT2D eigenvalue weighted by atomic mass is 10.3. The maximum Gasteiger partial charge on any atom is 0.325 e. The van der Waals surface area contributed by atoms with Gasteiger partial charge in [0.1, 0.15) is 17.9 Å². The predicted octanol–water partition coefficient (Wildman–Crippen LogP) is -0.422. The average molecular weight is 278 g/mol. The van der Waals surface area contributed by atoms with Gasteiger partial charge in [-0.25, -0.2) is 4.68 Å². The van der Waals surface area contributed by atoms with Crippen molar-refractivity contribution in [2.45, 2.75) is 26.4 Å². The molecule has 0 aliphatic rings. The standard InChI is InChI=1S/C11H14N6O3/c1-2-7-3-9(15-13-7)11(20)12-4-8-5-17(16-14-8)6-10(18)19/h3,5H,2,4,6H2,1H3,(H,12,20)(H,13,15)(H,18,19). The Bertz CT molecular complexity index is 617. The molecule has 20 heavy (non-hydrogen) atoms. The fourth-order valence-electron chi connectivity index (χ4n) is 1.56. The van der Waals surface area contributed by atoms with E-state index < -0.39 is 5.97 Å². The molecule has 2 aromatic rings. The van der Waals surface area contributed by atoms with Crippen LogP contribution in [-0.2, 0) is 24.3 Å². The number of hydrogen-bond acceptors (Lipinski definition) is 5. The monoisotopic (exact) mass is 278 g/mol. The summed E-state index contributed by atoms with van der Waals surface area (Å²) in [5.41, 5.74) is 1.66. The fourth-order valence-corrected chi connectivity index (χ4v) is 1.56. The zero-order chi connectivity index (χ0) is 14.5. The third-order valence-electron chi connectivity index (χ3n) is 2.56. The SMILES string of the molecule is CCc1cc(C(=O)NCc2cn(CC(=O)O)nn2)n[nH]1. The normalized spacial score (nSPS) is 10.4. The van der Waals surface area contributed by atoms with E-state index in [9.17, 15) is 9.59 Å². The number of amides is 1. The first-order chi connectivity index (χ1) is 9.58. The summed E-state index contributed by atoms with van der Waals surface area (Å²) in [6.45, 7) is 1.85. The molecule has 2 rings (SSSR count). The molecule has 0 unspecified atom stereocenters. The predicted molar refractivity (Wildman–Crippen MR) is 66.8 cm³/mol. The Hall–Kier alpha value is -2.71. The van der Waals surface area contributed by atoms with Crippen LogP contribution in [0.4, 0.5) is 0 Å². The number of carboxylic acid groups (broad SMARTS) is 1. The van der Waals surface area contributed by atoms with Gasteiger partial charge in [0.05, 0.1) is 12.7 Å². The van der Waals surface area contributed by atoms with E-state index in [-0.39, 0.29) is 19.0 Å². The van der Waals surface area contributed by atoms with Crippen LogP contribution in [0.1, 0.15) is 28.8 Å². The van der Waals surface area contributed by atoms with Crippen molar-refractivity contribution in [2.24, 2.45) is 0 Å². The van der Waals surface area contributed by atoms with Crippen molar-refractivity contribution in [2.75, 3.05) is 0 Å². The maximum atomic E-state index is 11.8. The van der Waals surface area contributed by atoms with Crippen LogP contribution in [0.3, 0.4) is 0 Å². The summed E-state index contributed by atoms with van der Waals surface area (Å²) in [7, 11) is 0. The lowest BCUT2D eigenvalue weighted by Crippen LogP contribution is -2.23. The number of H-pyrrole nitrogens is 1. The van der Waals surface area contributed by atoms with Crippen LogP contribution in [-0.4, -0.2) is 42.2 Å². The van der Waals surface area contributed by atoms with E-state index >= 15 is 0 Å². The molecule has 0 fully saturated rings. The van der Waals surface area contributed by atoms with E-state index in [0.29, 0.717) is 11.4 Å². The molecule has 0 saturated heterocycles. The lowest BCUT2D eigenvalue weighted by Gasteiger charge is -1.98. The van der Waals surface area contributed by atoms with Crippen molar-refractivity contribution in [3.63, 3.8) is 0 Å². The number of nitrogens with one attached hydrogen (secondary N) is 2. The molecule has 9 heteroatoms. The van der Waals surface area contributed by atoms with Gasteiger partial charge in [0, 0.05) is 5.69 Å². The second kappa shape index (κ2) is 5.95. The zero-order valence-electron chi connectivity index (χ0n) is 10.8. The number of aromatic nitrogens is 5. The highest BCUT2D eigenvalue weighted by atomic mass is 16.4. The van der Waals surface area contributed by atoms with Crippen molar-refractivity contribution in [1.29, 1.82) is 0 Å². The molecule has 2 heterocycles. The highest BCUT2D eigenvalue weighted by Crippen LogP contribution is 2.01. The Morgan fingerprint density at radius 3 is 2.95 bits per heavy atom. The second-order valence-corrected chi connectivity index (χ2v) is 4.12. The molecule has 0 atom stereocenters. The Kier molecular flexibility index (Phi) is 4.08. The summed E-state index contributed by atoms with van der Waals surface area (Å²) in [6, 6.07) is 1.68. The largest absolute Gasteiger partial charge is 0.480 e. The van der Waals surface area contributed by atoms with Gasteiger partial charge >= 0.3 is 5.97 Å². The van der Waals surface area contributed by atoms with Gasteiger partial charge in [0.15, 0.2) is 0 Å². The number of rotatable bonds is 6. The van der Waals surface area contributed by atoms with Gasteiger partial charge < -0.3 is 10.4 Å². The highest BCUT2D eigenvalue weighted by Gasteiger charge is 2.11. The van der Waals surface area contributed by atoms with E-state index in [4.69, 9.17) is 5.11 Å². The Morgan fingerprint density at radius 2 is 2.30 bits per heavy atom. The van der Waals surface area contributed by atoms with Crippen molar-refractivity contribution in [3.8, 4) is 0 Å². The lowest BCUT2D eigenvalue weighted by molar-refractivity contribution is -0.137. The molecule has 2 aromatic heterocycles. The number of carboxylic acids is 1. The van der Waals surface area contributed by atoms with E-state index in [0.717, 1.165) is 12.1 Å². The third kappa shape index (κ3) is 3.40. The summed E-state index contributed by atoms with van der Waals surface area (Å²) in [6.07, 6.45) is 2.24. The first kappa shape index (κ1) is 13.7. The van der Waals surface area contributed by atoms with Gasteiger partial charge in [0.2, 0.25) is 0 Å². The molecule has 9 nitrogen and oxygen atoms in total. The van der Waals surface area contributed by atoms with E-state index in [1.54, 1.807) is 6.07 Å². The number of hydrogen-bond donors (Lipinski definition) is 3. The van der Waals surface area contributed by atoms with Crippen molar-refractivity contribution >= 4 is 11.9 Å². The van der Waals surface area contributed by atoms with Gasteiger partial charge in [0.25, 0.3) is 5.91 Å². The molecule has 0 bridgehead atoms. The number of aliphatic carboxylic acids is 1. The molecule has 1 amide bonds. The molecular formula is C11H14N6O3. The maximum absolute atomic E-state index is 11.8. The number of aryl methyl sites for hydroxylation is 1. The van der Waals surface area contributed by atoms with E-state index in [2.05, 4.69) is 25.8 Å². The minimum atomic E-state index is -1.01. The molecule has 0 spiro atoms. The van der Waals surface area contributed by atoms with Crippen LogP contribution in [0.25, 0.3) is 0 Å². The first-order valence-corrected chi connectivity index (χ1v) is 6.01. The summed E-state index contributed by atoms with van der Waals surface area (Å²) in [5.74, 6) is -1.33. The zero-order valence-corrected chi connectivity index (χ0v) is 10.8. The minimum Gasteiger partial charge on any atom is -0.480 e. The van der Waals surface area contributed by atoms with Crippen LogP contribution >= 0.6 is 0 Å². The molecule has 0 saturated carbocycles. The Balaban J connectivity index is 1.89. The summed E-state index contributed by atoms with van der Waals surface area (Å²) in [5, 5.41) is 25.3. The smallest absolute Gasteiger partial charge is 0.325 e. The van der Waals surface area contributed by atoms with Crippen LogP contribution in [0.15, 0.2) is 12.3 Å². The van der Waals surface area contributed by atoms with Crippen LogP contribution in [0, 0.1) is 0 Å². The third-order valence-corrected chi connectivity index (χ3v) is 2.56. The molecular weight excluding hydrogens is 264 g/mol. The minimum absolute atomic E-state index is 0.159. The highest BCUT2D eigenvalue weighted by molar-refractivity contribution is 5.92. The Labute approximate surface area is 114 Å².